The molecule has 156 valence electrons. The SMILES string of the molecule is CCN(C(=O)CSc1ccc(Cl)cc1)c1c(N)n(Cc2ccccc2)c(=O)[nH]c1=O. The summed E-state index contributed by atoms with van der Waals surface area (Å²) >= 11 is 7.21. The largest absolute Gasteiger partial charge is 0.383 e. The minimum Gasteiger partial charge on any atom is -0.383 e. The van der Waals surface area contributed by atoms with Crippen molar-refractivity contribution in [3.05, 3.63) is 86.0 Å². The van der Waals surface area contributed by atoms with Gasteiger partial charge in [0, 0.05) is 16.5 Å². The van der Waals surface area contributed by atoms with Crippen molar-refractivity contribution in [3.8, 4) is 0 Å². The standard InChI is InChI=1S/C21H21ClN4O3S/c1-2-25(17(27)13-30-16-10-8-15(22)9-11-16)18-19(23)26(21(29)24-20(18)28)12-14-6-4-3-5-7-14/h3-11H,2,12-13,23H2,1H3,(H,24,28,29). The second-order valence-electron chi connectivity index (χ2n) is 6.45. The number of carbonyl (C=O) groups is 1. The van der Waals surface area contributed by atoms with Crippen molar-refractivity contribution in [1.82, 2.24) is 9.55 Å². The van der Waals surface area contributed by atoms with E-state index in [9.17, 15) is 14.4 Å². The van der Waals surface area contributed by atoms with Gasteiger partial charge in [-0.2, -0.15) is 0 Å². The van der Waals surface area contributed by atoms with E-state index in [1.54, 1.807) is 19.1 Å². The van der Waals surface area contributed by atoms with Crippen LogP contribution < -0.4 is 21.9 Å². The number of benzene rings is 2. The van der Waals surface area contributed by atoms with Crippen LogP contribution in [0.4, 0.5) is 11.5 Å². The number of aromatic amines is 1. The predicted octanol–water partition coefficient (Wildman–Crippen LogP) is 2.97. The third kappa shape index (κ3) is 4.95. The maximum absolute atomic E-state index is 12.9. The van der Waals surface area contributed by atoms with Crippen molar-refractivity contribution in [2.45, 2.75) is 18.4 Å². The third-order valence-electron chi connectivity index (χ3n) is 4.46. The molecule has 0 spiro atoms. The Morgan fingerprint density at radius 3 is 2.43 bits per heavy atom. The lowest BCUT2D eigenvalue weighted by atomic mass is 10.2. The topological polar surface area (TPSA) is 101 Å². The van der Waals surface area contributed by atoms with Gasteiger partial charge in [-0.1, -0.05) is 41.9 Å². The van der Waals surface area contributed by atoms with Gasteiger partial charge in [0.25, 0.3) is 5.56 Å². The zero-order chi connectivity index (χ0) is 21.7. The van der Waals surface area contributed by atoms with Crippen molar-refractivity contribution in [2.75, 3.05) is 22.9 Å². The summed E-state index contributed by atoms with van der Waals surface area (Å²) in [5.41, 5.74) is 5.72. The molecule has 0 aliphatic rings. The predicted molar refractivity (Wildman–Crippen MR) is 121 cm³/mol. The Bertz CT molecular complexity index is 1140. The molecule has 3 rings (SSSR count). The highest BCUT2D eigenvalue weighted by atomic mass is 35.5. The number of H-pyrrole nitrogens is 1. The molecule has 1 heterocycles. The van der Waals surface area contributed by atoms with Gasteiger partial charge in [0.2, 0.25) is 5.91 Å². The number of thioether (sulfide) groups is 1. The number of hydrogen-bond acceptors (Lipinski definition) is 5. The van der Waals surface area contributed by atoms with Crippen molar-refractivity contribution < 1.29 is 4.79 Å². The maximum Gasteiger partial charge on any atom is 0.330 e. The fraction of sp³-hybridized carbons (Fsp3) is 0.190. The average molecular weight is 445 g/mol. The highest BCUT2D eigenvalue weighted by molar-refractivity contribution is 8.00. The normalized spacial score (nSPS) is 10.7. The van der Waals surface area contributed by atoms with Crippen molar-refractivity contribution in [3.63, 3.8) is 0 Å². The Balaban J connectivity index is 1.88. The lowest BCUT2D eigenvalue weighted by molar-refractivity contribution is -0.116. The highest BCUT2D eigenvalue weighted by Crippen LogP contribution is 2.23. The number of amides is 1. The molecule has 3 N–H and O–H groups in total. The van der Waals surface area contributed by atoms with Gasteiger partial charge in [0.05, 0.1) is 12.3 Å². The number of anilines is 2. The van der Waals surface area contributed by atoms with E-state index in [0.717, 1.165) is 10.5 Å². The van der Waals surface area contributed by atoms with Gasteiger partial charge in [0.15, 0.2) is 5.69 Å². The molecule has 9 heteroatoms. The summed E-state index contributed by atoms with van der Waals surface area (Å²) in [7, 11) is 0. The number of aromatic nitrogens is 2. The smallest absolute Gasteiger partial charge is 0.330 e. The van der Waals surface area contributed by atoms with Crippen LogP contribution in [0.15, 0.2) is 69.1 Å². The molecule has 0 unspecified atom stereocenters. The Hall–Kier alpha value is -2.97. The van der Waals surface area contributed by atoms with Gasteiger partial charge in [-0.3, -0.25) is 19.1 Å². The minimum absolute atomic E-state index is 0.0188. The van der Waals surface area contributed by atoms with E-state index in [-0.39, 0.29) is 36.3 Å². The summed E-state index contributed by atoms with van der Waals surface area (Å²) in [6.45, 7) is 2.16. The molecule has 30 heavy (non-hydrogen) atoms. The molecular formula is C21H21ClN4O3S. The first-order valence-electron chi connectivity index (χ1n) is 9.26. The van der Waals surface area contributed by atoms with Crippen molar-refractivity contribution >= 4 is 40.8 Å². The van der Waals surface area contributed by atoms with Gasteiger partial charge in [-0.15, -0.1) is 11.8 Å². The van der Waals surface area contributed by atoms with Crippen molar-refractivity contribution in [2.24, 2.45) is 0 Å². The number of nitrogens with two attached hydrogens (primary N) is 1. The van der Waals surface area contributed by atoms with E-state index in [1.165, 1.54) is 21.2 Å². The van der Waals surface area contributed by atoms with Crippen LogP contribution in [0.3, 0.4) is 0 Å². The first-order valence-corrected chi connectivity index (χ1v) is 10.6. The highest BCUT2D eigenvalue weighted by Gasteiger charge is 2.23. The number of carbonyl (C=O) groups excluding carboxylic acids is 1. The number of nitrogen functional groups attached to an aromatic ring is 1. The van der Waals surface area contributed by atoms with Crippen LogP contribution in [0.25, 0.3) is 0 Å². The van der Waals surface area contributed by atoms with Crippen LogP contribution in [-0.2, 0) is 11.3 Å². The van der Waals surface area contributed by atoms with Gasteiger partial charge in [-0.25, -0.2) is 4.79 Å². The monoisotopic (exact) mass is 444 g/mol. The van der Waals surface area contributed by atoms with Crippen LogP contribution in [0.2, 0.25) is 5.02 Å². The van der Waals surface area contributed by atoms with Gasteiger partial charge in [-0.05, 0) is 36.8 Å². The van der Waals surface area contributed by atoms with E-state index >= 15 is 0 Å². The Morgan fingerprint density at radius 2 is 1.80 bits per heavy atom. The first-order chi connectivity index (χ1) is 14.4. The molecule has 0 saturated heterocycles. The summed E-state index contributed by atoms with van der Waals surface area (Å²) in [5.74, 6) is -0.231. The quantitative estimate of drug-likeness (QED) is 0.545. The fourth-order valence-corrected chi connectivity index (χ4v) is 3.87. The third-order valence-corrected chi connectivity index (χ3v) is 5.71. The molecule has 7 nitrogen and oxygen atoms in total. The molecular weight excluding hydrogens is 424 g/mol. The second kappa shape index (κ2) is 9.69. The molecule has 2 aromatic carbocycles. The maximum atomic E-state index is 12.9. The van der Waals surface area contributed by atoms with E-state index in [2.05, 4.69) is 4.98 Å². The van der Waals surface area contributed by atoms with Crippen LogP contribution in [-0.4, -0.2) is 27.8 Å². The molecule has 0 radical (unpaired) electrons. The molecule has 0 atom stereocenters. The molecule has 1 aromatic heterocycles. The number of rotatable bonds is 7. The minimum atomic E-state index is -0.687. The second-order valence-corrected chi connectivity index (χ2v) is 7.93. The number of hydrogen-bond donors (Lipinski definition) is 2. The molecule has 0 saturated carbocycles. The summed E-state index contributed by atoms with van der Waals surface area (Å²) in [6, 6.07) is 16.4. The summed E-state index contributed by atoms with van der Waals surface area (Å²) in [6.07, 6.45) is 0. The van der Waals surface area contributed by atoms with Crippen LogP contribution in [0.1, 0.15) is 12.5 Å². The zero-order valence-corrected chi connectivity index (χ0v) is 17.9. The Kier molecular flexibility index (Phi) is 7.02. The van der Waals surface area contributed by atoms with Gasteiger partial charge in [0.1, 0.15) is 5.82 Å². The van der Waals surface area contributed by atoms with E-state index in [4.69, 9.17) is 17.3 Å². The van der Waals surface area contributed by atoms with Crippen molar-refractivity contribution in [1.29, 1.82) is 0 Å². The lowest BCUT2D eigenvalue weighted by Gasteiger charge is -2.23. The molecule has 0 aliphatic carbocycles. The van der Waals surface area contributed by atoms with E-state index in [0.29, 0.717) is 5.02 Å². The van der Waals surface area contributed by atoms with E-state index < -0.39 is 11.2 Å². The number of nitrogens with one attached hydrogen (secondary N) is 1. The van der Waals surface area contributed by atoms with E-state index in [1.807, 2.05) is 42.5 Å². The summed E-state index contributed by atoms with van der Waals surface area (Å²) in [5, 5.41) is 0.612. The lowest BCUT2D eigenvalue weighted by Crippen LogP contribution is -2.41. The van der Waals surface area contributed by atoms with Crippen LogP contribution in [0, 0.1) is 0 Å². The molecule has 0 bridgehead atoms. The molecule has 0 aliphatic heterocycles. The number of nitrogens with zero attached hydrogens (tertiary/aromatic N) is 2. The Labute approximate surface area is 182 Å². The summed E-state index contributed by atoms with van der Waals surface area (Å²) in [4.78, 5) is 42.2. The van der Waals surface area contributed by atoms with Crippen LogP contribution in [0.5, 0.6) is 0 Å². The number of halogens is 1. The van der Waals surface area contributed by atoms with Crippen LogP contribution >= 0.6 is 23.4 Å². The zero-order valence-electron chi connectivity index (χ0n) is 16.3. The van der Waals surface area contributed by atoms with Gasteiger partial charge < -0.3 is 10.6 Å². The fourth-order valence-electron chi connectivity index (χ4n) is 2.97. The molecule has 0 fully saturated rings. The average Bonchev–Trinajstić information content (AvgIpc) is 2.74. The first kappa shape index (κ1) is 21.7. The molecule has 1 amide bonds. The summed E-state index contributed by atoms with van der Waals surface area (Å²) < 4.78 is 1.26. The molecule has 3 aromatic rings. The Morgan fingerprint density at radius 1 is 1.13 bits per heavy atom. The van der Waals surface area contributed by atoms with Gasteiger partial charge >= 0.3 is 5.69 Å².